The van der Waals surface area contributed by atoms with Crippen molar-refractivity contribution in [3.8, 4) is 28.3 Å². The summed E-state index contributed by atoms with van der Waals surface area (Å²) in [4.78, 5) is 79.5. The van der Waals surface area contributed by atoms with E-state index in [1.54, 1.807) is 6.07 Å². The fourth-order valence-electron chi connectivity index (χ4n) is 11.7. The standard InChI is InChI=1S/C82H113ClN11O21P/c1-93(2)66-19-22-69-72(54-66)115-73-55-67(94(3)27-7-9-74(95)86-26-5-4-6-51-116(100,101)52-8-25-85-56-61-14-17-65(83)18-15-61)20-23-70(73)76(69)71-53-64(16-21-68(71)81(98)99)79(97)90-60-113-50-49-112-48-47-111-46-45-110-44-43-109-42-41-108-40-39-107-38-37-106-36-35-105-34-33-104-32-31-103-30-29-102-28-24-75(96)87-57-62-10-12-63(13-11-62)58-114-80-77-78(89-59-88-77)91-82(84)92-80/h10-23,53-55,59,85H,4-9,24-52,56-58,60H2,1-3H3,(H7-,84,86,87,88,89,90,91,92,95,96,97,98,99,100,101)/p+1. The Labute approximate surface area is 681 Å². The van der Waals surface area contributed by atoms with Crippen LogP contribution in [0.4, 0.5) is 11.6 Å². The molecule has 32 nitrogen and oxygen atoms in total. The fraction of sp³-hybridized carbons (Fsp3) is 0.512. The summed E-state index contributed by atoms with van der Waals surface area (Å²) in [6.07, 6.45) is 5.84. The predicted octanol–water partition coefficient (Wildman–Crippen LogP) is 7.96. The van der Waals surface area contributed by atoms with E-state index in [1.807, 2.05) is 116 Å². The zero-order valence-corrected chi connectivity index (χ0v) is 68.4. The first-order chi connectivity index (χ1) is 56.5. The maximum Gasteiger partial charge on any atom is 0.336 e. The molecule has 2 aliphatic rings. The number of aromatic nitrogens is 4. The van der Waals surface area contributed by atoms with E-state index >= 15 is 0 Å². The number of aromatic carboxylic acids is 1. The number of hydrogen-bond acceptors (Lipinski definition) is 25. The normalized spacial score (nSPS) is 12.0. The topological polar surface area (TPSA) is 394 Å². The number of carbonyl (C=O) groups is 4. The van der Waals surface area contributed by atoms with Gasteiger partial charge in [0.15, 0.2) is 5.65 Å². The van der Waals surface area contributed by atoms with Crippen LogP contribution in [0.5, 0.6) is 5.88 Å². The number of fused-ring (bicyclic) bond motifs is 3. The van der Waals surface area contributed by atoms with Crippen LogP contribution in [-0.4, -0.2) is 265 Å². The molecule has 1 unspecified atom stereocenters. The van der Waals surface area contributed by atoms with E-state index in [9.17, 15) is 33.7 Å². The molecule has 2 aromatic heterocycles. The molecular weight excluding hydrogens is 1540 g/mol. The van der Waals surface area contributed by atoms with Gasteiger partial charge in [-0.2, -0.15) is 9.97 Å². The number of H-pyrrole nitrogens is 1. The molecule has 0 saturated carbocycles. The maximum atomic E-state index is 13.6. The largest absolute Gasteiger partial charge is 0.478 e. The number of hydrogen-bond donors (Lipinski definition) is 8. The number of amides is 3. The number of imidazole rings is 1. The summed E-state index contributed by atoms with van der Waals surface area (Å²) in [5.74, 6) is -0.878. The number of anilines is 2. The van der Waals surface area contributed by atoms with Crippen LogP contribution in [0.2, 0.25) is 5.02 Å². The third kappa shape index (κ3) is 35.3. The van der Waals surface area contributed by atoms with Crippen molar-refractivity contribution in [1.82, 2.24) is 45.8 Å². The average molecular weight is 1660 g/mol. The van der Waals surface area contributed by atoms with E-state index in [4.69, 9.17) is 83.3 Å². The Balaban J connectivity index is 0.566. The minimum Gasteiger partial charge on any atom is -0.478 e. The summed E-state index contributed by atoms with van der Waals surface area (Å²) >= 11 is 5.96. The van der Waals surface area contributed by atoms with Crippen molar-refractivity contribution in [2.75, 3.05) is 222 Å². The highest BCUT2D eigenvalue weighted by Crippen LogP contribution is 2.43. The van der Waals surface area contributed by atoms with Crippen molar-refractivity contribution in [1.29, 1.82) is 0 Å². The molecular formula is C82H114ClN11O21P+. The summed E-state index contributed by atoms with van der Waals surface area (Å²) in [5.41, 5.74) is 12.9. The van der Waals surface area contributed by atoms with Crippen molar-refractivity contribution >= 4 is 76.4 Å². The van der Waals surface area contributed by atoms with Gasteiger partial charge in [-0.15, -0.1) is 0 Å². The van der Waals surface area contributed by atoms with Crippen LogP contribution in [0.25, 0.3) is 44.6 Å². The van der Waals surface area contributed by atoms with Crippen molar-refractivity contribution in [2.24, 2.45) is 0 Å². The minimum atomic E-state index is -3.22. The average Bonchev–Trinajstić information content (AvgIpc) is 1.11. The number of rotatable bonds is 63. The summed E-state index contributed by atoms with van der Waals surface area (Å²) in [5, 5.41) is 24.7. The first-order valence-corrected chi connectivity index (χ1v) is 41.7. The number of carbonyl (C=O) groups excluding carboxylic acids is 3. The Hall–Kier alpha value is -8.64. The van der Waals surface area contributed by atoms with Gasteiger partial charge in [0.2, 0.25) is 36.4 Å². The van der Waals surface area contributed by atoms with E-state index in [2.05, 4.69) is 41.2 Å². The van der Waals surface area contributed by atoms with Crippen molar-refractivity contribution in [3.63, 3.8) is 0 Å². The summed E-state index contributed by atoms with van der Waals surface area (Å²) < 4.78 is 94.0. The predicted molar refractivity (Wildman–Crippen MR) is 440 cm³/mol. The number of ether oxygens (including phenoxy) is 13. The number of aromatic amines is 1. The molecule has 34 heteroatoms. The molecule has 9 N–H and O–H groups in total. The molecule has 1 aliphatic carbocycles. The van der Waals surface area contributed by atoms with Gasteiger partial charge in [0, 0.05) is 103 Å². The first-order valence-electron chi connectivity index (χ1n) is 39.3. The van der Waals surface area contributed by atoms with Crippen LogP contribution in [-0.2, 0) is 90.7 Å². The Bertz CT molecular complexity index is 4310. The third-order valence-electron chi connectivity index (χ3n) is 18.0. The lowest BCUT2D eigenvalue weighted by Crippen LogP contribution is -2.27. The van der Waals surface area contributed by atoms with Gasteiger partial charge in [0.25, 0.3) is 5.91 Å². The Morgan fingerprint density at radius 3 is 1.72 bits per heavy atom. The van der Waals surface area contributed by atoms with Crippen LogP contribution < -0.4 is 46.6 Å². The Morgan fingerprint density at radius 1 is 0.569 bits per heavy atom. The molecule has 3 heterocycles. The van der Waals surface area contributed by atoms with Gasteiger partial charge in [-0.3, -0.25) is 18.9 Å². The van der Waals surface area contributed by atoms with E-state index < -0.39 is 19.2 Å². The summed E-state index contributed by atoms with van der Waals surface area (Å²) in [7, 11) is 2.54. The highest BCUT2D eigenvalue weighted by atomic mass is 35.5. The number of nitrogen functional groups attached to an aromatic ring is 1. The fourth-order valence-corrected chi connectivity index (χ4v) is 13.4. The first kappa shape index (κ1) is 92.9. The SMILES string of the molecule is CN(CCCC(=O)NCCCCCP(=O)(O)CCCNCc1ccc(Cl)cc1)c1ccc2c(-c3cc(C(=O)NCOCCOCCOCCOCCOCCOCCOCCOCCOCCOCCOCCOCCC(=O)NCc4ccc(COc5nc(N)nc6nc[nH]c56)cc4)ccc3C(=O)O)c3ccc(=[N+](C)C)cc-3oc2c1. The van der Waals surface area contributed by atoms with Gasteiger partial charge >= 0.3 is 5.97 Å². The van der Waals surface area contributed by atoms with Crippen LogP contribution in [0.1, 0.15) is 82.4 Å². The molecule has 0 spiro atoms. The Kier molecular flexibility index (Phi) is 42.9. The number of unbranched alkanes of at least 4 members (excludes halogenated alkanes) is 2. The molecule has 8 rings (SSSR count). The number of carboxylic acid groups (broad SMARTS) is 1. The van der Waals surface area contributed by atoms with Crippen LogP contribution >= 0.6 is 19.0 Å². The lowest BCUT2D eigenvalue weighted by atomic mass is 9.89. The second-order valence-corrected chi connectivity index (χ2v) is 30.1. The van der Waals surface area contributed by atoms with Gasteiger partial charge in [0.05, 0.1) is 170 Å². The van der Waals surface area contributed by atoms with E-state index in [1.165, 1.54) is 18.5 Å². The van der Waals surface area contributed by atoms with E-state index in [-0.39, 0.29) is 80.8 Å². The zero-order valence-electron chi connectivity index (χ0n) is 66.8. The third-order valence-corrected chi connectivity index (χ3v) is 20.3. The van der Waals surface area contributed by atoms with E-state index in [0.29, 0.717) is 252 Å². The molecule has 0 radical (unpaired) electrons. The van der Waals surface area contributed by atoms with Gasteiger partial charge in [-0.25, -0.2) is 14.4 Å². The molecule has 116 heavy (non-hydrogen) atoms. The highest BCUT2D eigenvalue weighted by Gasteiger charge is 2.25. The molecule has 4 aromatic carbocycles. The number of halogens is 1. The van der Waals surface area contributed by atoms with Gasteiger partial charge in [-0.05, 0) is 103 Å². The summed E-state index contributed by atoms with van der Waals surface area (Å²) in [6, 6.07) is 31.2. The number of nitrogens with zero attached hydrogens (tertiary/aromatic N) is 5. The quantitative estimate of drug-likeness (QED) is 0.00589. The second-order valence-electron chi connectivity index (χ2n) is 27.1. The molecule has 0 fully saturated rings. The number of nitrogens with one attached hydrogen (secondary N) is 5. The van der Waals surface area contributed by atoms with Crippen LogP contribution in [0, 0.1) is 0 Å². The number of nitrogens with two attached hydrogens (primary N) is 1. The molecule has 1 aliphatic heterocycles. The van der Waals surface area contributed by atoms with Crippen LogP contribution in [0.15, 0.2) is 114 Å². The van der Waals surface area contributed by atoms with Crippen molar-refractivity contribution in [2.45, 2.75) is 64.6 Å². The second kappa shape index (κ2) is 53.6. The molecule has 6 aromatic rings. The lowest BCUT2D eigenvalue weighted by molar-refractivity contribution is -0.122. The molecule has 0 bridgehead atoms. The monoisotopic (exact) mass is 1650 g/mol. The zero-order chi connectivity index (χ0) is 82.2. The molecule has 0 saturated heterocycles. The van der Waals surface area contributed by atoms with Gasteiger partial charge in [-0.1, -0.05) is 54.4 Å². The molecule has 1 atom stereocenters. The highest BCUT2D eigenvalue weighted by molar-refractivity contribution is 7.57. The minimum absolute atomic E-state index is 0.00170. The van der Waals surface area contributed by atoms with Crippen molar-refractivity contribution in [3.05, 3.63) is 148 Å². The number of carboxylic acids is 1. The Morgan fingerprint density at radius 2 is 1.12 bits per heavy atom. The van der Waals surface area contributed by atoms with Gasteiger partial charge < -0.3 is 113 Å². The van der Waals surface area contributed by atoms with Crippen molar-refractivity contribution < 1.29 is 99.7 Å². The molecule has 634 valence electrons. The summed E-state index contributed by atoms with van der Waals surface area (Å²) in [6.45, 7) is 11.9. The smallest absolute Gasteiger partial charge is 0.336 e. The number of benzene rings is 5. The maximum absolute atomic E-state index is 13.6. The lowest BCUT2D eigenvalue weighted by Gasteiger charge is -2.21. The van der Waals surface area contributed by atoms with Gasteiger partial charge in [0.1, 0.15) is 44.3 Å². The molecule has 3 amide bonds. The van der Waals surface area contributed by atoms with E-state index in [0.717, 1.165) is 34.2 Å². The van der Waals surface area contributed by atoms with Crippen LogP contribution in [0.3, 0.4) is 0 Å².